The summed E-state index contributed by atoms with van der Waals surface area (Å²) in [5.74, 6) is 6.79. The summed E-state index contributed by atoms with van der Waals surface area (Å²) in [5.41, 5.74) is 4.49. The lowest BCUT2D eigenvalue weighted by Crippen LogP contribution is -2.31. The molecule has 1 aromatic carbocycles. The van der Waals surface area contributed by atoms with Crippen LogP contribution >= 0.6 is 11.9 Å². The van der Waals surface area contributed by atoms with Crippen molar-refractivity contribution in [3.63, 3.8) is 0 Å². The molecule has 3 heterocycles. The van der Waals surface area contributed by atoms with E-state index in [-0.39, 0.29) is 0 Å². The van der Waals surface area contributed by atoms with E-state index in [4.69, 9.17) is 9.72 Å². The van der Waals surface area contributed by atoms with Crippen LogP contribution in [0.4, 0.5) is 5.69 Å². The molecule has 3 fully saturated rings. The van der Waals surface area contributed by atoms with E-state index in [2.05, 4.69) is 59.8 Å². The van der Waals surface area contributed by atoms with E-state index in [1.54, 1.807) is 30.3 Å². The molecule has 3 aliphatic rings. The van der Waals surface area contributed by atoms with Crippen molar-refractivity contribution in [1.29, 1.82) is 0 Å². The van der Waals surface area contributed by atoms with Crippen LogP contribution in [0, 0.1) is 11.8 Å². The molecule has 1 aliphatic heterocycles. The second kappa shape index (κ2) is 19.6. The van der Waals surface area contributed by atoms with Gasteiger partial charge < -0.3 is 20.7 Å². The maximum atomic E-state index is 11.0. The van der Waals surface area contributed by atoms with Crippen LogP contribution < -0.4 is 16.0 Å². The van der Waals surface area contributed by atoms with Gasteiger partial charge >= 0.3 is 0 Å². The van der Waals surface area contributed by atoms with E-state index in [1.807, 2.05) is 49.8 Å². The number of hydrogen-bond donors (Lipinski definition) is 3. The molecule has 2 aliphatic carbocycles. The summed E-state index contributed by atoms with van der Waals surface area (Å²) in [6.45, 7) is 7.55. The lowest BCUT2D eigenvalue weighted by atomic mass is 9.95. The molecule has 256 valence electrons. The number of morpholine rings is 1. The quantitative estimate of drug-likeness (QED) is 0.0942. The number of nitrogens with one attached hydrogen (secondary N) is 3. The first kappa shape index (κ1) is 36.0. The molecule has 49 heavy (non-hydrogen) atoms. The monoisotopic (exact) mass is 678 g/mol. The van der Waals surface area contributed by atoms with E-state index in [9.17, 15) is 4.79 Å². The Kier molecular flexibility index (Phi) is 14.4. The summed E-state index contributed by atoms with van der Waals surface area (Å²) in [5, 5.41) is 10.1. The summed E-state index contributed by atoms with van der Waals surface area (Å²) >= 11 is 1.71. The number of rotatable bonds is 12. The number of benzene rings is 1. The molecule has 2 saturated carbocycles. The highest BCUT2D eigenvalue weighted by Crippen LogP contribution is 2.26. The van der Waals surface area contributed by atoms with Gasteiger partial charge in [0.05, 0.1) is 24.5 Å². The Labute approximate surface area is 294 Å². The second-order valence-electron chi connectivity index (χ2n) is 12.0. The minimum absolute atomic E-state index is 0.369. The third-order valence-corrected chi connectivity index (χ3v) is 9.37. The molecule has 0 radical (unpaired) electrons. The molecule has 0 unspecified atom stereocenters. The van der Waals surface area contributed by atoms with Gasteiger partial charge in [0, 0.05) is 65.5 Å². The smallest absolute Gasteiger partial charge is 0.150 e. The number of aromatic nitrogens is 2. The van der Waals surface area contributed by atoms with Crippen LogP contribution in [0.15, 0.2) is 81.6 Å². The maximum Gasteiger partial charge on any atom is 0.150 e. The molecule has 0 bridgehead atoms. The van der Waals surface area contributed by atoms with Gasteiger partial charge in [0.15, 0.2) is 0 Å². The molecule has 3 N–H and O–H groups in total. The molecule has 3 aromatic rings. The molecular formula is C38H46N8O2S. The number of nitrogens with zero attached hydrogens (tertiary/aromatic N) is 5. The Balaban J connectivity index is 0.000000858. The maximum absolute atomic E-state index is 11.0. The number of pyridine rings is 2. The predicted molar refractivity (Wildman–Crippen MR) is 200 cm³/mol. The van der Waals surface area contributed by atoms with Gasteiger partial charge in [-0.05, 0) is 106 Å². The Morgan fingerprint density at radius 2 is 1.82 bits per heavy atom. The fourth-order valence-corrected chi connectivity index (χ4v) is 6.18. The number of hydrogen-bond acceptors (Lipinski definition) is 11. The van der Waals surface area contributed by atoms with Crippen molar-refractivity contribution in [3.8, 4) is 11.8 Å². The van der Waals surface area contributed by atoms with E-state index in [0.29, 0.717) is 29.8 Å². The van der Waals surface area contributed by atoms with Gasteiger partial charge in [-0.1, -0.05) is 25.2 Å². The average Bonchev–Trinajstić information content (AvgIpc) is 4.01. The molecular weight excluding hydrogens is 633 g/mol. The van der Waals surface area contributed by atoms with Gasteiger partial charge in [0.1, 0.15) is 24.5 Å². The van der Waals surface area contributed by atoms with Crippen LogP contribution in [0.5, 0.6) is 0 Å². The topological polar surface area (TPSA) is 116 Å². The van der Waals surface area contributed by atoms with Crippen LogP contribution in [0.25, 0.3) is 5.57 Å². The molecule has 2 aromatic heterocycles. The number of anilines is 1. The van der Waals surface area contributed by atoms with E-state index < -0.39 is 0 Å². The third kappa shape index (κ3) is 12.2. The molecule has 6 rings (SSSR count). The molecule has 0 atom stereocenters. The van der Waals surface area contributed by atoms with Crippen LogP contribution in [0.3, 0.4) is 0 Å². The number of carbonyl (C=O) groups excluding carboxylic acids is 1. The number of carbonyl (C=O) groups is 1. The van der Waals surface area contributed by atoms with Gasteiger partial charge in [-0.3, -0.25) is 14.8 Å². The van der Waals surface area contributed by atoms with Crippen molar-refractivity contribution < 1.29 is 9.53 Å². The highest BCUT2D eigenvalue weighted by atomic mass is 32.2. The second-order valence-corrected chi connectivity index (χ2v) is 13.2. The van der Waals surface area contributed by atoms with Crippen LogP contribution in [0.2, 0.25) is 0 Å². The molecule has 10 nitrogen and oxygen atoms in total. The van der Waals surface area contributed by atoms with Gasteiger partial charge in [-0.15, -0.1) is 0 Å². The van der Waals surface area contributed by atoms with Crippen molar-refractivity contribution in [2.24, 2.45) is 9.98 Å². The minimum atomic E-state index is 0.369. The SMILES string of the molecule is C=N/C(NC1CCCCC1)=C(\C=N/CNc1ccc(C#Cc2cc(C=O)ccn2)cc1)c1ccc(SN2CCOCC2)cn1.CNC1CC1. The van der Waals surface area contributed by atoms with Crippen molar-refractivity contribution in [1.82, 2.24) is 24.9 Å². The zero-order valence-electron chi connectivity index (χ0n) is 28.2. The normalized spacial score (nSPS) is 17.2. The number of ether oxygens (including phenoxy) is 1. The molecule has 11 heteroatoms. The third-order valence-electron chi connectivity index (χ3n) is 8.30. The summed E-state index contributed by atoms with van der Waals surface area (Å²) < 4.78 is 7.77. The van der Waals surface area contributed by atoms with Gasteiger partial charge in [0.25, 0.3) is 0 Å². The fourth-order valence-electron chi connectivity index (χ4n) is 5.32. The van der Waals surface area contributed by atoms with E-state index in [0.717, 1.165) is 78.9 Å². The van der Waals surface area contributed by atoms with Crippen molar-refractivity contribution in [2.45, 2.75) is 61.9 Å². The van der Waals surface area contributed by atoms with Crippen molar-refractivity contribution in [3.05, 3.63) is 89.3 Å². The van der Waals surface area contributed by atoms with Crippen molar-refractivity contribution in [2.75, 3.05) is 45.3 Å². The fraction of sp³-hybridized carbons (Fsp3) is 0.395. The highest BCUT2D eigenvalue weighted by Gasteiger charge is 2.18. The number of aldehydes is 1. The zero-order chi connectivity index (χ0) is 34.1. The van der Waals surface area contributed by atoms with Gasteiger partial charge in [-0.2, -0.15) is 0 Å². The van der Waals surface area contributed by atoms with Crippen LogP contribution in [-0.4, -0.2) is 85.6 Å². The molecule has 1 saturated heterocycles. The lowest BCUT2D eigenvalue weighted by molar-refractivity contribution is 0.0773. The minimum Gasteiger partial charge on any atom is -0.379 e. The Hall–Kier alpha value is -4.34. The Morgan fingerprint density at radius 1 is 1.02 bits per heavy atom. The van der Waals surface area contributed by atoms with Crippen molar-refractivity contribution >= 4 is 42.4 Å². The Bertz CT molecular complexity index is 1620. The average molecular weight is 679 g/mol. The van der Waals surface area contributed by atoms with Crippen LogP contribution in [0.1, 0.15) is 72.3 Å². The highest BCUT2D eigenvalue weighted by molar-refractivity contribution is 7.97. The Morgan fingerprint density at radius 3 is 2.47 bits per heavy atom. The van der Waals surface area contributed by atoms with Gasteiger partial charge in [0.2, 0.25) is 0 Å². The number of allylic oxidation sites excluding steroid dienone is 1. The largest absolute Gasteiger partial charge is 0.379 e. The lowest BCUT2D eigenvalue weighted by Gasteiger charge is -2.25. The van der Waals surface area contributed by atoms with Crippen LogP contribution in [-0.2, 0) is 4.74 Å². The first-order chi connectivity index (χ1) is 24.1. The number of aliphatic imine (C=N–C) groups is 2. The predicted octanol–water partition coefficient (Wildman–Crippen LogP) is 5.83. The first-order valence-corrected chi connectivity index (χ1v) is 17.8. The standard InChI is InChI=1S/C34H37N7O2S.C4H9N/c1-35-34(40-29-5-3-2-4-6-29)32(33-14-13-31(22-38-33)44-41-17-19-43-20-18-41)23-36-25-39-28-10-7-26(8-11-28)9-12-30-21-27(24-42)15-16-37-30;1-5-4-2-3-4/h7-8,10-11,13-16,21-24,29,39-40H,1-6,17-20,25H2;4-5H,2-3H2,1H3/b34-32-,36-23-;. The first-order valence-electron chi connectivity index (χ1n) is 17.0. The summed E-state index contributed by atoms with van der Waals surface area (Å²) in [6, 6.07) is 16.5. The summed E-state index contributed by atoms with van der Waals surface area (Å²) in [6.07, 6.45) is 14.9. The van der Waals surface area contributed by atoms with E-state index >= 15 is 0 Å². The summed E-state index contributed by atoms with van der Waals surface area (Å²) in [7, 11) is 2.01. The molecule has 0 spiro atoms. The summed E-state index contributed by atoms with van der Waals surface area (Å²) in [4.78, 5) is 30.1. The molecule has 0 amide bonds. The van der Waals surface area contributed by atoms with E-state index in [1.165, 1.54) is 32.1 Å². The zero-order valence-corrected chi connectivity index (χ0v) is 29.1. The van der Waals surface area contributed by atoms with Gasteiger partial charge in [-0.25, -0.2) is 14.3 Å².